The van der Waals surface area contributed by atoms with Crippen LogP contribution in [0.4, 0.5) is 0 Å². The van der Waals surface area contributed by atoms with Crippen LogP contribution < -0.4 is 5.32 Å². The van der Waals surface area contributed by atoms with Crippen LogP contribution in [0.15, 0.2) is 0 Å². The van der Waals surface area contributed by atoms with Crippen molar-refractivity contribution in [2.45, 2.75) is 30.4 Å². The molecule has 0 saturated carbocycles. The first-order valence-corrected chi connectivity index (χ1v) is 7.34. The Labute approximate surface area is 95.9 Å². The molecule has 1 saturated heterocycles. The van der Waals surface area contributed by atoms with Gasteiger partial charge in [0.05, 0.1) is 6.61 Å². The van der Waals surface area contributed by atoms with Crippen LogP contribution in [0.2, 0.25) is 0 Å². The Balaban J connectivity index is 2.46. The van der Waals surface area contributed by atoms with E-state index in [0.29, 0.717) is 11.3 Å². The topological polar surface area (TPSA) is 21.3 Å². The zero-order valence-electron chi connectivity index (χ0n) is 9.29. The molecule has 1 N–H and O–H groups in total. The van der Waals surface area contributed by atoms with Crippen LogP contribution in [0, 0.1) is 0 Å². The summed E-state index contributed by atoms with van der Waals surface area (Å²) in [5, 5.41) is 4.97. The number of nitrogens with one attached hydrogen (secondary N) is 1. The summed E-state index contributed by atoms with van der Waals surface area (Å²) in [7, 11) is 1.79. The number of hydrogen-bond donors (Lipinski definition) is 1. The van der Waals surface area contributed by atoms with Gasteiger partial charge in [0, 0.05) is 35.2 Å². The van der Waals surface area contributed by atoms with Crippen LogP contribution in [0.5, 0.6) is 0 Å². The van der Waals surface area contributed by atoms with E-state index in [0.717, 1.165) is 18.4 Å². The predicted molar refractivity (Wildman–Crippen MR) is 67.5 cm³/mol. The van der Waals surface area contributed by atoms with Crippen LogP contribution in [-0.4, -0.2) is 48.3 Å². The summed E-state index contributed by atoms with van der Waals surface area (Å²) in [6, 6.07) is 0.512. The maximum atomic E-state index is 5.27. The van der Waals surface area contributed by atoms with E-state index in [2.05, 4.69) is 42.7 Å². The SMILES string of the molecule is CCNC(COC)C1SCCSC1C. The highest BCUT2D eigenvalue weighted by Crippen LogP contribution is 2.33. The van der Waals surface area contributed by atoms with Crippen molar-refractivity contribution >= 4 is 23.5 Å². The average Bonchev–Trinajstić information content (AvgIpc) is 2.18. The lowest BCUT2D eigenvalue weighted by atomic mass is 10.1. The van der Waals surface area contributed by atoms with Gasteiger partial charge in [-0.15, -0.1) is 0 Å². The quantitative estimate of drug-likeness (QED) is 0.785. The maximum Gasteiger partial charge on any atom is 0.0627 e. The molecule has 3 atom stereocenters. The van der Waals surface area contributed by atoms with Crippen molar-refractivity contribution in [3.63, 3.8) is 0 Å². The van der Waals surface area contributed by atoms with Gasteiger partial charge in [-0.1, -0.05) is 13.8 Å². The lowest BCUT2D eigenvalue weighted by Crippen LogP contribution is -2.47. The molecule has 3 unspecified atom stereocenters. The van der Waals surface area contributed by atoms with Gasteiger partial charge in [-0.25, -0.2) is 0 Å². The molecular formula is C10H21NOS2. The molecule has 0 aliphatic carbocycles. The highest BCUT2D eigenvalue weighted by Gasteiger charge is 2.29. The van der Waals surface area contributed by atoms with Gasteiger partial charge in [0.25, 0.3) is 0 Å². The molecule has 0 amide bonds. The molecule has 1 rings (SSSR count). The monoisotopic (exact) mass is 235 g/mol. The summed E-state index contributed by atoms with van der Waals surface area (Å²) >= 11 is 4.19. The summed E-state index contributed by atoms with van der Waals surface area (Å²) in [5.74, 6) is 2.58. The van der Waals surface area contributed by atoms with Crippen LogP contribution in [0.1, 0.15) is 13.8 Å². The average molecular weight is 235 g/mol. The molecule has 0 aromatic rings. The molecule has 4 heteroatoms. The van der Waals surface area contributed by atoms with Crippen molar-refractivity contribution in [1.29, 1.82) is 0 Å². The first-order chi connectivity index (χ1) is 6.79. The fourth-order valence-corrected chi connectivity index (χ4v) is 4.75. The summed E-state index contributed by atoms with van der Waals surface area (Å²) < 4.78 is 5.27. The van der Waals surface area contributed by atoms with Crippen molar-refractivity contribution < 1.29 is 4.74 Å². The molecule has 1 fully saturated rings. The second-order valence-electron chi connectivity index (χ2n) is 3.53. The normalized spacial score (nSPS) is 30.2. The van der Waals surface area contributed by atoms with Crippen molar-refractivity contribution in [1.82, 2.24) is 5.32 Å². The van der Waals surface area contributed by atoms with Gasteiger partial charge >= 0.3 is 0 Å². The van der Waals surface area contributed by atoms with E-state index in [1.54, 1.807) is 7.11 Å². The van der Waals surface area contributed by atoms with Crippen molar-refractivity contribution in [2.75, 3.05) is 31.8 Å². The van der Waals surface area contributed by atoms with E-state index >= 15 is 0 Å². The third kappa shape index (κ3) is 3.65. The Morgan fingerprint density at radius 3 is 2.71 bits per heavy atom. The van der Waals surface area contributed by atoms with E-state index < -0.39 is 0 Å². The Morgan fingerprint density at radius 2 is 2.14 bits per heavy atom. The molecule has 84 valence electrons. The summed E-state index contributed by atoms with van der Waals surface area (Å²) in [6.45, 7) is 6.36. The molecule has 14 heavy (non-hydrogen) atoms. The van der Waals surface area contributed by atoms with Gasteiger partial charge in [-0.3, -0.25) is 0 Å². The Kier molecular flexibility index (Phi) is 6.33. The van der Waals surface area contributed by atoms with E-state index in [-0.39, 0.29) is 0 Å². The van der Waals surface area contributed by atoms with Crippen molar-refractivity contribution in [3.8, 4) is 0 Å². The number of methoxy groups -OCH3 is 1. The summed E-state index contributed by atoms with van der Waals surface area (Å²) in [6.07, 6.45) is 0. The van der Waals surface area contributed by atoms with Gasteiger partial charge in [0.1, 0.15) is 0 Å². The van der Waals surface area contributed by atoms with E-state index in [1.807, 2.05) is 0 Å². The largest absolute Gasteiger partial charge is 0.383 e. The molecule has 0 aromatic carbocycles. The zero-order valence-corrected chi connectivity index (χ0v) is 10.9. The third-order valence-corrected chi connectivity index (χ3v) is 5.70. The molecule has 0 radical (unpaired) electrons. The van der Waals surface area contributed by atoms with Crippen molar-refractivity contribution in [2.24, 2.45) is 0 Å². The highest BCUT2D eigenvalue weighted by atomic mass is 32.2. The molecular weight excluding hydrogens is 214 g/mol. The first kappa shape index (κ1) is 12.7. The number of hydrogen-bond acceptors (Lipinski definition) is 4. The number of likely N-dealkylation sites (N-methyl/N-ethyl adjacent to an activating group) is 1. The molecule has 0 bridgehead atoms. The minimum atomic E-state index is 0.512. The van der Waals surface area contributed by atoms with E-state index in [4.69, 9.17) is 4.74 Å². The van der Waals surface area contributed by atoms with Crippen LogP contribution in [0.25, 0.3) is 0 Å². The minimum absolute atomic E-state index is 0.512. The third-order valence-electron chi connectivity index (χ3n) is 2.45. The number of thioether (sulfide) groups is 2. The minimum Gasteiger partial charge on any atom is -0.383 e. The van der Waals surface area contributed by atoms with Gasteiger partial charge < -0.3 is 10.1 Å². The molecule has 1 heterocycles. The number of rotatable bonds is 5. The second-order valence-corrected chi connectivity index (χ2v) is 6.30. The molecule has 2 nitrogen and oxygen atoms in total. The fourth-order valence-electron chi connectivity index (χ4n) is 1.80. The number of ether oxygens (including phenoxy) is 1. The Bertz CT molecular complexity index is 151. The van der Waals surface area contributed by atoms with Crippen LogP contribution in [-0.2, 0) is 4.74 Å². The van der Waals surface area contributed by atoms with E-state index in [9.17, 15) is 0 Å². The molecule has 0 spiro atoms. The van der Waals surface area contributed by atoms with Gasteiger partial charge in [-0.05, 0) is 6.54 Å². The van der Waals surface area contributed by atoms with Crippen molar-refractivity contribution in [3.05, 3.63) is 0 Å². The van der Waals surface area contributed by atoms with Crippen LogP contribution >= 0.6 is 23.5 Å². The summed E-state index contributed by atoms with van der Waals surface area (Å²) in [4.78, 5) is 0. The van der Waals surface area contributed by atoms with E-state index in [1.165, 1.54) is 11.5 Å². The zero-order chi connectivity index (χ0) is 10.4. The standard InChI is InChI=1S/C10H21NOS2/c1-4-11-9(7-12-3)10-8(2)13-5-6-14-10/h8-11H,4-7H2,1-3H3. The van der Waals surface area contributed by atoms with Gasteiger partial charge in [-0.2, -0.15) is 23.5 Å². The molecule has 1 aliphatic rings. The maximum absolute atomic E-state index is 5.27. The fraction of sp³-hybridized carbons (Fsp3) is 1.00. The molecule has 1 aliphatic heterocycles. The van der Waals surface area contributed by atoms with Gasteiger partial charge in [0.2, 0.25) is 0 Å². The smallest absolute Gasteiger partial charge is 0.0627 e. The Morgan fingerprint density at radius 1 is 1.43 bits per heavy atom. The Hall–Kier alpha value is 0.620. The summed E-state index contributed by atoms with van der Waals surface area (Å²) in [5.41, 5.74) is 0. The van der Waals surface area contributed by atoms with Crippen LogP contribution in [0.3, 0.4) is 0 Å². The lowest BCUT2D eigenvalue weighted by molar-refractivity contribution is 0.165. The highest BCUT2D eigenvalue weighted by molar-refractivity contribution is 8.07. The second kappa shape index (κ2) is 6.99. The first-order valence-electron chi connectivity index (χ1n) is 5.25. The van der Waals surface area contributed by atoms with Gasteiger partial charge in [0.15, 0.2) is 0 Å². The lowest BCUT2D eigenvalue weighted by Gasteiger charge is -2.34. The molecule has 0 aromatic heterocycles. The predicted octanol–water partition coefficient (Wildman–Crippen LogP) is 1.85.